The number of hydrogen-bond donors (Lipinski definition) is 0. The Morgan fingerprint density at radius 2 is 1.86 bits per heavy atom. The second-order valence-electron chi connectivity index (χ2n) is 9.14. The van der Waals surface area contributed by atoms with E-state index in [0.29, 0.717) is 36.1 Å². The van der Waals surface area contributed by atoms with Crippen molar-refractivity contribution < 1.29 is 9.21 Å². The Hall–Kier alpha value is -4.04. The van der Waals surface area contributed by atoms with Crippen molar-refractivity contribution in [2.45, 2.75) is 19.8 Å². The first-order valence-electron chi connectivity index (χ1n) is 12.3. The molecule has 0 saturated carbocycles. The van der Waals surface area contributed by atoms with Gasteiger partial charge in [-0.25, -0.2) is 14.6 Å². The summed E-state index contributed by atoms with van der Waals surface area (Å²) in [6.07, 6.45) is 9.27. The van der Waals surface area contributed by atoms with Crippen LogP contribution in [0.25, 0.3) is 23.5 Å². The SMILES string of the molecule is CC(C)c1c(C(=O)N2CCN(C/C=C/c3ccccc3)CC2)cnn1-c1nccc(-c2ccco2)n1. The zero-order valence-corrected chi connectivity index (χ0v) is 20.6. The van der Waals surface area contributed by atoms with Crippen LogP contribution in [0.4, 0.5) is 0 Å². The summed E-state index contributed by atoms with van der Waals surface area (Å²) >= 11 is 0. The van der Waals surface area contributed by atoms with Crippen molar-refractivity contribution >= 4 is 12.0 Å². The van der Waals surface area contributed by atoms with Gasteiger partial charge in [0.2, 0.25) is 0 Å². The van der Waals surface area contributed by atoms with E-state index in [9.17, 15) is 4.79 Å². The maximum absolute atomic E-state index is 13.5. The van der Waals surface area contributed by atoms with E-state index in [4.69, 9.17) is 4.42 Å². The molecule has 36 heavy (non-hydrogen) atoms. The zero-order valence-electron chi connectivity index (χ0n) is 20.6. The Kier molecular flexibility index (Phi) is 7.04. The molecule has 0 atom stereocenters. The molecule has 8 heteroatoms. The lowest BCUT2D eigenvalue weighted by atomic mass is 10.0. The first kappa shape index (κ1) is 23.7. The summed E-state index contributed by atoms with van der Waals surface area (Å²) in [7, 11) is 0. The predicted molar refractivity (Wildman–Crippen MR) is 139 cm³/mol. The maximum atomic E-state index is 13.5. The Morgan fingerprint density at radius 1 is 1.06 bits per heavy atom. The number of amides is 1. The van der Waals surface area contributed by atoms with Gasteiger partial charge < -0.3 is 9.32 Å². The minimum Gasteiger partial charge on any atom is -0.463 e. The van der Waals surface area contributed by atoms with Gasteiger partial charge in [-0.05, 0) is 29.7 Å². The van der Waals surface area contributed by atoms with Gasteiger partial charge >= 0.3 is 0 Å². The Balaban J connectivity index is 1.28. The molecule has 0 unspecified atom stereocenters. The summed E-state index contributed by atoms with van der Waals surface area (Å²) in [4.78, 5) is 26.8. The standard InChI is InChI=1S/C28H30N6O2/c1-21(2)26-23(20-30-34(26)28-29-13-12-24(31-28)25-11-7-19-36-25)27(35)33-17-15-32(16-18-33)14-6-10-22-8-4-3-5-9-22/h3-13,19-21H,14-18H2,1-2H3/b10-6+. The second-order valence-corrected chi connectivity index (χ2v) is 9.14. The van der Waals surface area contributed by atoms with E-state index in [1.54, 1.807) is 29.4 Å². The van der Waals surface area contributed by atoms with Crippen LogP contribution in [-0.4, -0.2) is 68.2 Å². The summed E-state index contributed by atoms with van der Waals surface area (Å²) in [6.45, 7) is 8.02. The van der Waals surface area contributed by atoms with Crippen LogP contribution in [0.2, 0.25) is 0 Å². The van der Waals surface area contributed by atoms with Crippen LogP contribution in [0.5, 0.6) is 0 Å². The third-order valence-electron chi connectivity index (χ3n) is 6.32. The van der Waals surface area contributed by atoms with Crippen LogP contribution in [0.1, 0.15) is 41.4 Å². The lowest BCUT2D eigenvalue weighted by Gasteiger charge is -2.34. The zero-order chi connectivity index (χ0) is 24.9. The Morgan fingerprint density at radius 3 is 2.58 bits per heavy atom. The summed E-state index contributed by atoms with van der Waals surface area (Å²) < 4.78 is 7.15. The number of carbonyl (C=O) groups excluding carboxylic acids is 1. The molecule has 184 valence electrons. The number of aromatic nitrogens is 4. The molecular formula is C28H30N6O2. The number of rotatable bonds is 7. The monoisotopic (exact) mass is 482 g/mol. The molecule has 1 saturated heterocycles. The van der Waals surface area contributed by atoms with Gasteiger partial charge in [0.05, 0.1) is 23.7 Å². The average Bonchev–Trinajstić information content (AvgIpc) is 3.60. The molecule has 0 spiro atoms. The Labute approximate surface area is 210 Å². The maximum Gasteiger partial charge on any atom is 0.257 e. The number of piperazine rings is 1. The quantitative estimate of drug-likeness (QED) is 0.385. The molecular weight excluding hydrogens is 452 g/mol. The molecule has 4 heterocycles. The molecule has 0 N–H and O–H groups in total. The van der Waals surface area contributed by atoms with E-state index in [0.717, 1.165) is 25.3 Å². The average molecular weight is 483 g/mol. The van der Waals surface area contributed by atoms with Crippen LogP contribution < -0.4 is 0 Å². The van der Waals surface area contributed by atoms with Crippen LogP contribution in [0, 0.1) is 0 Å². The van der Waals surface area contributed by atoms with Crippen LogP contribution >= 0.6 is 0 Å². The molecule has 8 nitrogen and oxygen atoms in total. The minimum absolute atomic E-state index is 0.00613. The van der Waals surface area contributed by atoms with Gasteiger partial charge in [-0.2, -0.15) is 5.10 Å². The van der Waals surface area contributed by atoms with Crippen LogP contribution in [0.15, 0.2) is 77.7 Å². The van der Waals surface area contributed by atoms with E-state index in [-0.39, 0.29) is 11.8 Å². The van der Waals surface area contributed by atoms with Gasteiger partial charge in [0.1, 0.15) is 5.69 Å². The third kappa shape index (κ3) is 5.13. The second kappa shape index (κ2) is 10.7. The number of hydrogen-bond acceptors (Lipinski definition) is 6. The number of furan rings is 1. The van der Waals surface area contributed by atoms with Crippen molar-refractivity contribution in [2.75, 3.05) is 32.7 Å². The molecule has 1 aliphatic heterocycles. The summed E-state index contributed by atoms with van der Waals surface area (Å²) in [5.74, 6) is 1.14. The van der Waals surface area contributed by atoms with Crippen LogP contribution in [0.3, 0.4) is 0 Å². The molecule has 1 amide bonds. The molecule has 4 aromatic rings. The highest BCUT2D eigenvalue weighted by molar-refractivity contribution is 5.95. The van der Waals surface area contributed by atoms with Gasteiger partial charge in [-0.15, -0.1) is 0 Å². The molecule has 1 aromatic carbocycles. The highest BCUT2D eigenvalue weighted by Crippen LogP contribution is 2.25. The van der Waals surface area contributed by atoms with E-state index < -0.39 is 0 Å². The van der Waals surface area contributed by atoms with E-state index in [2.05, 4.69) is 58.1 Å². The molecule has 3 aromatic heterocycles. The fourth-order valence-electron chi connectivity index (χ4n) is 4.46. The van der Waals surface area contributed by atoms with Gasteiger partial charge in [0, 0.05) is 38.9 Å². The van der Waals surface area contributed by atoms with Gasteiger partial charge in [-0.1, -0.05) is 56.3 Å². The van der Waals surface area contributed by atoms with Crippen molar-refractivity contribution in [2.24, 2.45) is 0 Å². The van der Waals surface area contributed by atoms with Crippen molar-refractivity contribution in [3.63, 3.8) is 0 Å². The number of benzene rings is 1. The smallest absolute Gasteiger partial charge is 0.257 e. The highest BCUT2D eigenvalue weighted by atomic mass is 16.3. The van der Waals surface area contributed by atoms with E-state index in [1.807, 2.05) is 35.2 Å². The lowest BCUT2D eigenvalue weighted by Crippen LogP contribution is -2.48. The normalized spacial score (nSPS) is 14.7. The first-order valence-corrected chi connectivity index (χ1v) is 12.3. The van der Waals surface area contributed by atoms with Crippen molar-refractivity contribution in [3.05, 3.63) is 90.1 Å². The fraction of sp³-hybridized carbons (Fsp3) is 0.286. The van der Waals surface area contributed by atoms with Crippen molar-refractivity contribution in [1.82, 2.24) is 29.5 Å². The van der Waals surface area contributed by atoms with Gasteiger partial charge in [0.15, 0.2) is 5.76 Å². The minimum atomic E-state index is 0.00613. The highest BCUT2D eigenvalue weighted by Gasteiger charge is 2.28. The van der Waals surface area contributed by atoms with E-state index >= 15 is 0 Å². The Bertz CT molecular complexity index is 1320. The van der Waals surface area contributed by atoms with Crippen molar-refractivity contribution in [3.8, 4) is 17.4 Å². The van der Waals surface area contributed by atoms with E-state index in [1.165, 1.54) is 5.56 Å². The predicted octanol–water partition coefficient (Wildman–Crippen LogP) is 4.52. The van der Waals surface area contributed by atoms with Crippen LogP contribution in [-0.2, 0) is 0 Å². The lowest BCUT2D eigenvalue weighted by molar-refractivity contribution is 0.0648. The molecule has 0 bridgehead atoms. The number of nitrogens with zero attached hydrogens (tertiary/aromatic N) is 6. The topological polar surface area (TPSA) is 80.3 Å². The summed E-state index contributed by atoms with van der Waals surface area (Å²) in [6, 6.07) is 15.8. The van der Waals surface area contributed by atoms with Gasteiger partial charge in [0.25, 0.3) is 11.9 Å². The fourth-order valence-corrected chi connectivity index (χ4v) is 4.46. The summed E-state index contributed by atoms with van der Waals surface area (Å²) in [5, 5.41) is 4.52. The molecule has 1 fully saturated rings. The molecule has 5 rings (SSSR count). The summed E-state index contributed by atoms with van der Waals surface area (Å²) in [5.41, 5.74) is 3.28. The molecule has 0 aliphatic carbocycles. The molecule has 0 radical (unpaired) electrons. The third-order valence-corrected chi connectivity index (χ3v) is 6.32. The largest absolute Gasteiger partial charge is 0.463 e. The number of carbonyl (C=O) groups is 1. The molecule has 1 aliphatic rings. The first-order chi connectivity index (χ1) is 17.6. The van der Waals surface area contributed by atoms with Gasteiger partial charge in [-0.3, -0.25) is 9.69 Å². The van der Waals surface area contributed by atoms with Crippen molar-refractivity contribution in [1.29, 1.82) is 0 Å².